The summed E-state index contributed by atoms with van der Waals surface area (Å²) in [5.41, 5.74) is 4.63. The third-order valence-corrected chi connectivity index (χ3v) is 3.02. The van der Waals surface area contributed by atoms with Crippen LogP contribution in [0.4, 0.5) is 23.2 Å². The summed E-state index contributed by atoms with van der Waals surface area (Å²) in [7, 11) is 0. The number of anilines is 1. The highest BCUT2D eigenvalue weighted by Gasteiger charge is 2.32. The molecule has 1 aliphatic heterocycles. The van der Waals surface area contributed by atoms with Gasteiger partial charge in [-0.05, 0) is 18.2 Å². The van der Waals surface area contributed by atoms with Gasteiger partial charge in [-0.3, -0.25) is 0 Å². The first kappa shape index (κ1) is 14.1. The van der Waals surface area contributed by atoms with E-state index in [1.165, 1.54) is 0 Å². The van der Waals surface area contributed by atoms with E-state index in [0.717, 1.165) is 12.1 Å². The van der Waals surface area contributed by atoms with Crippen LogP contribution in [-0.2, 0) is 10.9 Å². The highest BCUT2D eigenvalue weighted by atomic mass is 19.4. The molecular weight excluding hydrogens is 264 g/mol. The van der Waals surface area contributed by atoms with Crippen LogP contribution in [0.25, 0.3) is 0 Å². The summed E-state index contributed by atoms with van der Waals surface area (Å²) in [5, 5.41) is 0. The number of morpholine rings is 1. The minimum Gasteiger partial charge on any atom is -0.373 e. The Bertz CT molecular complexity index is 450. The largest absolute Gasteiger partial charge is 0.416 e. The molecule has 0 radical (unpaired) electrons. The molecule has 1 fully saturated rings. The van der Waals surface area contributed by atoms with Gasteiger partial charge in [-0.25, -0.2) is 4.39 Å². The second-order valence-corrected chi connectivity index (χ2v) is 4.34. The number of halogens is 4. The number of hydrogen-bond donors (Lipinski definition) is 1. The summed E-state index contributed by atoms with van der Waals surface area (Å²) < 4.78 is 56.4. The molecule has 1 saturated heterocycles. The molecule has 1 aromatic rings. The van der Waals surface area contributed by atoms with Gasteiger partial charge in [-0.1, -0.05) is 0 Å². The van der Waals surface area contributed by atoms with Crippen LogP contribution in [0.3, 0.4) is 0 Å². The van der Waals surface area contributed by atoms with Gasteiger partial charge >= 0.3 is 6.18 Å². The zero-order chi connectivity index (χ0) is 14.0. The zero-order valence-corrected chi connectivity index (χ0v) is 10.1. The van der Waals surface area contributed by atoms with Gasteiger partial charge in [-0.2, -0.15) is 13.2 Å². The summed E-state index contributed by atoms with van der Waals surface area (Å²) in [6.45, 7) is 1.47. The van der Waals surface area contributed by atoms with E-state index in [4.69, 9.17) is 10.5 Å². The Balaban J connectivity index is 2.21. The van der Waals surface area contributed by atoms with Crippen LogP contribution in [0.1, 0.15) is 5.56 Å². The summed E-state index contributed by atoms with van der Waals surface area (Å²) in [6, 6.07) is 2.55. The molecule has 106 valence electrons. The van der Waals surface area contributed by atoms with Gasteiger partial charge in [0.25, 0.3) is 0 Å². The topological polar surface area (TPSA) is 38.5 Å². The van der Waals surface area contributed by atoms with E-state index >= 15 is 0 Å². The summed E-state index contributed by atoms with van der Waals surface area (Å²) in [6.07, 6.45) is -4.76. The summed E-state index contributed by atoms with van der Waals surface area (Å²) >= 11 is 0. The third-order valence-electron chi connectivity index (χ3n) is 3.02. The number of nitrogens with zero attached hydrogens (tertiary/aromatic N) is 1. The maximum absolute atomic E-state index is 13.8. The van der Waals surface area contributed by atoms with Gasteiger partial charge in [0.15, 0.2) is 0 Å². The standard InChI is InChI=1S/C12H14F4N2O/c13-10-5-8(12(14,15)16)1-2-11(10)18-3-4-19-9(6-17)7-18/h1-2,5,9H,3-4,6-7,17H2. The van der Waals surface area contributed by atoms with Crippen LogP contribution in [0.2, 0.25) is 0 Å². The monoisotopic (exact) mass is 278 g/mol. The van der Waals surface area contributed by atoms with Crippen molar-refractivity contribution in [2.45, 2.75) is 12.3 Å². The molecular formula is C12H14F4N2O. The molecule has 0 amide bonds. The Labute approximate surface area is 107 Å². The Morgan fingerprint density at radius 1 is 1.37 bits per heavy atom. The third kappa shape index (κ3) is 3.16. The molecule has 2 N–H and O–H groups in total. The minimum absolute atomic E-state index is 0.148. The number of rotatable bonds is 2. The van der Waals surface area contributed by atoms with Crippen molar-refractivity contribution in [3.63, 3.8) is 0 Å². The Kier molecular flexibility index (Phi) is 3.96. The quantitative estimate of drug-likeness (QED) is 0.841. The zero-order valence-electron chi connectivity index (χ0n) is 10.1. The normalized spacial score (nSPS) is 20.7. The van der Waals surface area contributed by atoms with Crippen LogP contribution in [-0.4, -0.2) is 32.3 Å². The van der Waals surface area contributed by atoms with Gasteiger partial charge in [0.05, 0.1) is 24.0 Å². The van der Waals surface area contributed by atoms with Crippen molar-refractivity contribution in [1.29, 1.82) is 0 Å². The van der Waals surface area contributed by atoms with Crippen molar-refractivity contribution in [3.8, 4) is 0 Å². The van der Waals surface area contributed by atoms with Crippen LogP contribution in [0.15, 0.2) is 18.2 Å². The fourth-order valence-corrected chi connectivity index (χ4v) is 2.02. The molecule has 2 rings (SSSR count). The summed E-state index contributed by atoms with van der Waals surface area (Å²) in [4.78, 5) is 1.65. The van der Waals surface area contributed by atoms with E-state index in [0.29, 0.717) is 32.3 Å². The maximum Gasteiger partial charge on any atom is 0.416 e. The molecule has 1 aromatic carbocycles. The highest BCUT2D eigenvalue weighted by Crippen LogP contribution is 2.32. The molecule has 0 aliphatic carbocycles. The van der Waals surface area contributed by atoms with Crippen LogP contribution >= 0.6 is 0 Å². The van der Waals surface area contributed by atoms with Crippen molar-refractivity contribution < 1.29 is 22.3 Å². The van der Waals surface area contributed by atoms with Gasteiger partial charge in [0, 0.05) is 19.6 Å². The van der Waals surface area contributed by atoms with Crippen molar-refractivity contribution in [3.05, 3.63) is 29.6 Å². The average Bonchev–Trinajstić information content (AvgIpc) is 2.37. The lowest BCUT2D eigenvalue weighted by Crippen LogP contribution is -2.46. The first-order chi connectivity index (χ1) is 8.91. The van der Waals surface area contributed by atoms with Crippen molar-refractivity contribution in [2.75, 3.05) is 31.1 Å². The maximum atomic E-state index is 13.8. The lowest BCUT2D eigenvalue weighted by atomic mass is 10.1. The van der Waals surface area contributed by atoms with Crippen LogP contribution in [0.5, 0.6) is 0 Å². The molecule has 1 unspecified atom stereocenters. The van der Waals surface area contributed by atoms with Gasteiger partial charge in [0.2, 0.25) is 0 Å². The van der Waals surface area contributed by atoms with Crippen molar-refractivity contribution in [1.82, 2.24) is 0 Å². The lowest BCUT2D eigenvalue weighted by Gasteiger charge is -2.34. The van der Waals surface area contributed by atoms with Crippen LogP contribution < -0.4 is 10.6 Å². The van der Waals surface area contributed by atoms with E-state index < -0.39 is 17.6 Å². The SMILES string of the molecule is NCC1CN(c2ccc(C(F)(F)F)cc2F)CCO1. The van der Waals surface area contributed by atoms with Gasteiger partial charge in [-0.15, -0.1) is 0 Å². The Morgan fingerprint density at radius 2 is 2.11 bits per heavy atom. The fraction of sp³-hybridized carbons (Fsp3) is 0.500. The average molecular weight is 278 g/mol. The molecule has 0 bridgehead atoms. The first-order valence-electron chi connectivity index (χ1n) is 5.85. The predicted molar refractivity (Wildman–Crippen MR) is 62.4 cm³/mol. The highest BCUT2D eigenvalue weighted by molar-refractivity contribution is 5.50. The molecule has 0 saturated carbocycles. The van der Waals surface area contributed by atoms with E-state index in [9.17, 15) is 17.6 Å². The molecule has 1 aliphatic rings. The Hall–Kier alpha value is -1.34. The molecule has 19 heavy (non-hydrogen) atoms. The van der Waals surface area contributed by atoms with Crippen LogP contribution in [0, 0.1) is 5.82 Å². The molecule has 0 aromatic heterocycles. The number of benzene rings is 1. The lowest BCUT2D eigenvalue weighted by molar-refractivity contribution is -0.137. The molecule has 7 heteroatoms. The van der Waals surface area contributed by atoms with Crippen molar-refractivity contribution in [2.24, 2.45) is 5.73 Å². The molecule has 1 heterocycles. The smallest absolute Gasteiger partial charge is 0.373 e. The predicted octanol–water partition coefficient (Wildman–Crippen LogP) is 2.01. The summed E-state index contributed by atoms with van der Waals surface area (Å²) in [5.74, 6) is -0.882. The molecule has 3 nitrogen and oxygen atoms in total. The first-order valence-corrected chi connectivity index (χ1v) is 5.85. The molecule has 0 spiro atoms. The van der Waals surface area contributed by atoms with Gasteiger partial charge in [0.1, 0.15) is 5.82 Å². The van der Waals surface area contributed by atoms with E-state index in [1.807, 2.05) is 0 Å². The number of hydrogen-bond acceptors (Lipinski definition) is 3. The molecule has 1 atom stereocenters. The minimum atomic E-state index is -4.54. The van der Waals surface area contributed by atoms with Crippen molar-refractivity contribution >= 4 is 5.69 Å². The number of ether oxygens (including phenoxy) is 1. The Morgan fingerprint density at radius 3 is 2.68 bits per heavy atom. The van der Waals surface area contributed by atoms with E-state index in [-0.39, 0.29) is 11.8 Å². The van der Waals surface area contributed by atoms with Gasteiger partial charge < -0.3 is 15.4 Å². The second-order valence-electron chi connectivity index (χ2n) is 4.34. The fourth-order valence-electron chi connectivity index (χ4n) is 2.02. The van der Waals surface area contributed by atoms with E-state index in [1.54, 1.807) is 4.90 Å². The number of nitrogens with two attached hydrogens (primary N) is 1. The van der Waals surface area contributed by atoms with E-state index in [2.05, 4.69) is 0 Å². The second kappa shape index (κ2) is 5.34. The number of alkyl halides is 3.